The highest BCUT2D eigenvalue weighted by Gasteiger charge is 2.44. The number of nitrogens with zero attached hydrogens (tertiary/aromatic N) is 1. The predicted octanol–water partition coefficient (Wildman–Crippen LogP) is 2.25. The fourth-order valence-corrected chi connectivity index (χ4v) is 5.59. The second kappa shape index (κ2) is 5.37. The summed E-state index contributed by atoms with van der Waals surface area (Å²) < 4.78 is 26.6. The first-order valence-electron chi connectivity index (χ1n) is 8.25. The Kier molecular flexibility index (Phi) is 3.44. The molecule has 0 spiro atoms. The van der Waals surface area contributed by atoms with Crippen molar-refractivity contribution in [2.24, 2.45) is 0 Å². The van der Waals surface area contributed by atoms with Crippen molar-refractivity contribution in [1.82, 2.24) is 9.62 Å². The van der Waals surface area contributed by atoms with Gasteiger partial charge in [0, 0.05) is 23.7 Å². The number of hydrogen-bond donors (Lipinski definition) is 1. The lowest BCUT2D eigenvalue weighted by Gasteiger charge is -2.23. The van der Waals surface area contributed by atoms with Crippen LogP contribution < -0.4 is 5.32 Å². The molecule has 1 saturated carbocycles. The van der Waals surface area contributed by atoms with Crippen LogP contribution in [0.2, 0.25) is 0 Å². The van der Waals surface area contributed by atoms with Gasteiger partial charge in [0.25, 0.3) is 10.0 Å². The molecule has 2 heterocycles. The van der Waals surface area contributed by atoms with Crippen molar-refractivity contribution < 1.29 is 13.2 Å². The van der Waals surface area contributed by atoms with Crippen molar-refractivity contribution in [3.05, 3.63) is 35.4 Å². The molecule has 0 unspecified atom stereocenters. The molecule has 0 aromatic heterocycles. The van der Waals surface area contributed by atoms with E-state index in [-0.39, 0.29) is 11.9 Å². The van der Waals surface area contributed by atoms with E-state index in [2.05, 4.69) is 5.32 Å². The topological polar surface area (TPSA) is 66.5 Å². The Hall–Kier alpha value is -1.82. The smallest absolute Gasteiger partial charge is 0.265 e. The highest BCUT2D eigenvalue weighted by Crippen LogP contribution is 2.44. The Morgan fingerprint density at radius 2 is 1.87 bits per heavy atom. The molecule has 122 valence electrons. The number of hydrogen-bond acceptors (Lipinski definition) is 3. The van der Waals surface area contributed by atoms with Crippen LogP contribution in [0.1, 0.15) is 44.1 Å². The molecule has 1 aromatic carbocycles. The molecule has 2 aliphatic heterocycles. The maximum Gasteiger partial charge on any atom is 0.265 e. The van der Waals surface area contributed by atoms with Gasteiger partial charge >= 0.3 is 0 Å². The molecule has 1 amide bonds. The van der Waals surface area contributed by atoms with Gasteiger partial charge in [-0.15, -0.1) is 0 Å². The van der Waals surface area contributed by atoms with E-state index in [4.69, 9.17) is 0 Å². The first-order valence-corrected chi connectivity index (χ1v) is 9.69. The third-order valence-electron chi connectivity index (χ3n) is 5.02. The van der Waals surface area contributed by atoms with E-state index in [0.29, 0.717) is 34.7 Å². The lowest BCUT2D eigenvalue weighted by Crippen LogP contribution is -2.37. The molecule has 0 bridgehead atoms. The third-order valence-corrected chi connectivity index (χ3v) is 6.88. The van der Waals surface area contributed by atoms with Crippen LogP contribution in [0.3, 0.4) is 0 Å². The van der Waals surface area contributed by atoms with Gasteiger partial charge in [0.2, 0.25) is 5.91 Å². The minimum absolute atomic E-state index is 0.0960. The molecule has 3 aliphatic rings. The number of amides is 1. The van der Waals surface area contributed by atoms with Gasteiger partial charge in [-0.2, -0.15) is 0 Å². The summed E-state index contributed by atoms with van der Waals surface area (Å²) in [4.78, 5) is 13.0. The number of benzene rings is 1. The van der Waals surface area contributed by atoms with Gasteiger partial charge in [-0.3, -0.25) is 9.10 Å². The zero-order valence-corrected chi connectivity index (χ0v) is 13.7. The zero-order valence-electron chi connectivity index (χ0n) is 12.9. The molecule has 5 nitrogen and oxygen atoms in total. The third kappa shape index (κ3) is 2.27. The summed E-state index contributed by atoms with van der Waals surface area (Å²) in [7, 11) is -3.49. The number of rotatable bonds is 2. The summed E-state index contributed by atoms with van der Waals surface area (Å²) >= 11 is 0. The minimum atomic E-state index is -3.49. The normalized spacial score (nSPS) is 22.9. The van der Waals surface area contributed by atoms with Gasteiger partial charge < -0.3 is 5.32 Å². The van der Waals surface area contributed by atoms with E-state index >= 15 is 0 Å². The molecule has 1 aromatic rings. The molecule has 0 saturated heterocycles. The van der Waals surface area contributed by atoms with Gasteiger partial charge in [-0.1, -0.05) is 37.5 Å². The monoisotopic (exact) mass is 332 g/mol. The Bertz CT molecular complexity index is 792. The predicted molar refractivity (Wildman–Crippen MR) is 86.9 cm³/mol. The molecular formula is C17H20N2O3S. The van der Waals surface area contributed by atoms with Crippen LogP contribution in [-0.4, -0.2) is 31.2 Å². The SMILES string of the molecule is O=C(NC1CCCCC1)C1=C2c3ccccc3S(=O)(=O)N2CC1. The van der Waals surface area contributed by atoms with E-state index < -0.39 is 10.0 Å². The average Bonchev–Trinajstić information content (AvgIpc) is 3.09. The molecule has 6 heteroatoms. The van der Waals surface area contributed by atoms with Crippen LogP contribution in [0.25, 0.3) is 5.70 Å². The van der Waals surface area contributed by atoms with E-state index in [1.54, 1.807) is 18.2 Å². The van der Waals surface area contributed by atoms with Crippen LogP contribution >= 0.6 is 0 Å². The summed E-state index contributed by atoms with van der Waals surface area (Å²) in [5.41, 5.74) is 1.87. The average molecular weight is 332 g/mol. The molecule has 1 aliphatic carbocycles. The second-order valence-electron chi connectivity index (χ2n) is 6.46. The Morgan fingerprint density at radius 3 is 2.65 bits per heavy atom. The summed E-state index contributed by atoms with van der Waals surface area (Å²) in [6, 6.07) is 7.18. The van der Waals surface area contributed by atoms with E-state index in [1.807, 2.05) is 6.07 Å². The van der Waals surface area contributed by atoms with Crippen LogP contribution in [0.4, 0.5) is 0 Å². The zero-order chi connectivity index (χ0) is 16.0. The van der Waals surface area contributed by atoms with E-state index in [9.17, 15) is 13.2 Å². The lowest BCUT2D eigenvalue weighted by molar-refractivity contribution is -0.118. The van der Waals surface area contributed by atoms with Crippen molar-refractivity contribution in [1.29, 1.82) is 0 Å². The van der Waals surface area contributed by atoms with Gasteiger partial charge in [-0.25, -0.2) is 8.42 Å². The largest absolute Gasteiger partial charge is 0.350 e. The Morgan fingerprint density at radius 1 is 1.13 bits per heavy atom. The molecular weight excluding hydrogens is 312 g/mol. The van der Waals surface area contributed by atoms with Gasteiger partial charge in [0.15, 0.2) is 0 Å². The maximum atomic E-state index is 12.7. The van der Waals surface area contributed by atoms with Gasteiger partial charge in [-0.05, 0) is 25.3 Å². The number of nitrogens with one attached hydrogen (secondary N) is 1. The number of sulfonamides is 1. The summed E-state index contributed by atoms with van der Waals surface area (Å²) in [6.45, 7) is 0.361. The molecule has 23 heavy (non-hydrogen) atoms. The van der Waals surface area contributed by atoms with Crippen molar-refractivity contribution in [3.63, 3.8) is 0 Å². The van der Waals surface area contributed by atoms with Gasteiger partial charge in [0.1, 0.15) is 0 Å². The van der Waals surface area contributed by atoms with Crippen molar-refractivity contribution in [2.75, 3.05) is 6.54 Å². The van der Waals surface area contributed by atoms with Crippen LogP contribution in [0.5, 0.6) is 0 Å². The Labute approximate surface area is 136 Å². The van der Waals surface area contributed by atoms with Crippen molar-refractivity contribution in [2.45, 2.75) is 49.5 Å². The summed E-state index contributed by atoms with van der Waals surface area (Å²) in [5, 5.41) is 3.11. The van der Waals surface area contributed by atoms with Crippen LogP contribution in [0, 0.1) is 0 Å². The van der Waals surface area contributed by atoms with Crippen molar-refractivity contribution in [3.8, 4) is 0 Å². The standard InChI is InChI=1S/C17H20N2O3S/c20-17(18-12-6-2-1-3-7-12)14-10-11-19-16(14)13-8-4-5-9-15(13)23(19,21)22/h4-5,8-9,12H,1-3,6-7,10-11H2,(H,18,20). The molecule has 1 N–H and O–H groups in total. The van der Waals surface area contributed by atoms with E-state index in [1.165, 1.54) is 10.7 Å². The first-order chi connectivity index (χ1) is 11.1. The van der Waals surface area contributed by atoms with Crippen molar-refractivity contribution >= 4 is 21.6 Å². The van der Waals surface area contributed by atoms with Gasteiger partial charge in [0.05, 0.1) is 10.6 Å². The molecule has 1 fully saturated rings. The minimum Gasteiger partial charge on any atom is -0.350 e. The highest BCUT2D eigenvalue weighted by molar-refractivity contribution is 7.90. The quantitative estimate of drug-likeness (QED) is 0.903. The number of carbonyl (C=O) groups excluding carboxylic acids is 1. The summed E-state index contributed by atoms with van der Waals surface area (Å²) in [6.07, 6.45) is 6.07. The van der Waals surface area contributed by atoms with E-state index in [0.717, 1.165) is 25.7 Å². The number of carbonyl (C=O) groups is 1. The molecule has 0 radical (unpaired) electrons. The fraction of sp³-hybridized carbons (Fsp3) is 0.471. The van der Waals surface area contributed by atoms with Crippen LogP contribution in [-0.2, 0) is 14.8 Å². The second-order valence-corrected chi connectivity index (χ2v) is 8.29. The highest BCUT2D eigenvalue weighted by atomic mass is 32.2. The molecule has 0 atom stereocenters. The first kappa shape index (κ1) is 14.8. The lowest BCUT2D eigenvalue weighted by atomic mass is 9.95. The fourth-order valence-electron chi connectivity index (χ4n) is 3.88. The number of fused-ring (bicyclic) bond motifs is 3. The van der Waals surface area contributed by atoms with Crippen LogP contribution in [0.15, 0.2) is 34.7 Å². The molecule has 4 rings (SSSR count). The Balaban J connectivity index is 1.70. The summed E-state index contributed by atoms with van der Waals surface area (Å²) in [5.74, 6) is -0.0960. The maximum absolute atomic E-state index is 12.7.